The van der Waals surface area contributed by atoms with Gasteiger partial charge >= 0.3 is 0 Å². The van der Waals surface area contributed by atoms with Gasteiger partial charge in [-0.3, -0.25) is 0 Å². The number of halogens is 1. The molecule has 1 aromatic carbocycles. The predicted molar refractivity (Wildman–Crippen MR) is 85.6 cm³/mol. The molecular weight excluding hydrogens is 272 g/mol. The van der Waals surface area contributed by atoms with Crippen LogP contribution < -0.4 is 10.2 Å². The summed E-state index contributed by atoms with van der Waals surface area (Å²) in [6.07, 6.45) is 2.32. The lowest BCUT2D eigenvalue weighted by molar-refractivity contribution is 0.0685. The SMILES string of the molecule is CCNCc1c(Cl)cccc1N(C)CC1CCOCC1. The Morgan fingerprint density at radius 3 is 2.80 bits per heavy atom. The van der Waals surface area contributed by atoms with E-state index in [-0.39, 0.29) is 0 Å². The molecule has 2 rings (SSSR count). The van der Waals surface area contributed by atoms with E-state index in [9.17, 15) is 0 Å². The molecule has 0 radical (unpaired) electrons. The van der Waals surface area contributed by atoms with Crippen LogP contribution in [0.3, 0.4) is 0 Å². The third-order valence-electron chi connectivity index (χ3n) is 3.93. The molecule has 3 nitrogen and oxygen atoms in total. The number of rotatable bonds is 6. The molecule has 1 heterocycles. The van der Waals surface area contributed by atoms with Gasteiger partial charge in [0, 0.05) is 49.6 Å². The molecule has 1 fully saturated rings. The summed E-state index contributed by atoms with van der Waals surface area (Å²) in [6, 6.07) is 6.17. The van der Waals surface area contributed by atoms with Gasteiger partial charge in [-0.2, -0.15) is 0 Å². The lowest BCUT2D eigenvalue weighted by Crippen LogP contribution is -2.30. The quantitative estimate of drug-likeness (QED) is 0.871. The average molecular weight is 297 g/mol. The van der Waals surface area contributed by atoms with E-state index < -0.39 is 0 Å². The van der Waals surface area contributed by atoms with E-state index in [4.69, 9.17) is 16.3 Å². The van der Waals surface area contributed by atoms with Crippen LogP contribution in [0.1, 0.15) is 25.3 Å². The molecule has 0 amide bonds. The van der Waals surface area contributed by atoms with Crippen LogP contribution in [-0.2, 0) is 11.3 Å². The summed E-state index contributed by atoms with van der Waals surface area (Å²) in [6.45, 7) is 6.76. The van der Waals surface area contributed by atoms with Gasteiger partial charge < -0.3 is 15.0 Å². The maximum Gasteiger partial charge on any atom is 0.0471 e. The number of hydrogen-bond donors (Lipinski definition) is 1. The molecule has 1 saturated heterocycles. The lowest BCUT2D eigenvalue weighted by Gasteiger charge is -2.30. The van der Waals surface area contributed by atoms with Crippen LogP contribution >= 0.6 is 11.6 Å². The van der Waals surface area contributed by atoms with Gasteiger partial charge in [-0.15, -0.1) is 0 Å². The highest BCUT2D eigenvalue weighted by Crippen LogP contribution is 2.28. The number of nitrogens with zero attached hydrogens (tertiary/aromatic N) is 1. The molecule has 112 valence electrons. The van der Waals surface area contributed by atoms with Gasteiger partial charge in [0.05, 0.1) is 0 Å². The Morgan fingerprint density at radius 2 is 2.10 bits per heavy atom. The van der Waals surface area contributed by atoms with Crippen LogP contribution in [0.2, 0.25) is 5.02 Å². The monoisotopic (exact) mass is 296 g/mol. The van der Waals surface area contributed by atoms with E-state index in [2.05, 4.69) is 30.3 Å². The minimum Gasteiger partial charge on any atom is -0.381 e. The molecule has 0 atom stereocenters. The van der Waals surface area contributed by atoms with Gasteiger partial charge in [0.15, 0.2) is 0 Å². The fraction of sp³-hybridized carbons (Fsp3) is 0.625. The van der Waals surface area contributed by atoms with Crippen molar-refractivity contribution in [3.63, 3.8) is 0 Å². The first-order chi connectivity index (χ1) is 9.72. The van der Waals surface area contributed by atoms with Gasteiger partial charge in [0.1, 0.15) is 0 Å². The summed E-state index contributed by atoms with van der Waals surface area (Å²) in [5.74, 6) is 0.722. The van der Waals surface area contributed by atoms with Crippen LogP contribution in [0.15, 0.2) is 18.2 Å². The van der Waals surface area contributed by atoms with Crippen molar-refractivity contribution in [2.75, 3.05) is 38.3 Å². The Labute approximate surface area is 127 Å². The van der Waals surface area contributed by atoms with Crippen molar-refractivity contribution in [2.45, 2.75) is 26.3 Å². The van der Waals surface area contributed by atoms with Gasteiger partial charge in [-0.05, 0) is 37.4 Å². The van der Waals surface area contributed by atoms with Crippen molar-refractivity contribution >= 4 is 17.3 Å². The normalized spacial score (nSPS) is 16.4. The zero-order valence-corrected chi connectivity index (χ0v) is 13.2. The van der Waals surface area contributed by atoms with Crippen LogP contribution in [-0.4, -0.2) is 33.4 Å². The van der Waals surface area contributed by atoms with Crippen molar-refractivity contribution in [3.05, 3.63) is 28.8 Å². The Morgan fingerprint density at radius 1 is 1.35 bits per heavy atom. The zero-order chi connectivity index (χ0) is 14.4. The van der Waals surface area contributed by atoms with Crippen LogP contribution in [0.5, 0.6) is 0 Å². The van der Waals surface area contributed by atoms with E-state index in [0.717, 1.165) is 56.6 Å². The van der Waals surface area contributed by atoms with Crippen LogP contribution in [0, 0.1) is 5.92 Å². The number of nitrogens with one attached hydrogen (secondary N) is 1. The third kappa shape index (κ3) is 4.11. The summed E-state index contributed by atoms with van der Waals surface area (Å²) >= 11 is 6.37. The highest BCUT2D eigenvalue weighted by molar-refractivity contribution is 6.31. The Hall–Kier alpha value is -0.770. The molecule has 1 N–H and O–H groups in total. The third-order valence-corrected chi connectivity index (χ3v) is 4.28. The first kappa shape index (κ1) is 15.6. The lowest BCUT2D eigenvalue weighted by atomic mass is 9.99. The summed E-state index contributed by atoms with van der Waals surface area (Å²) in [5.41, 5.74) is 2.44. The van der Waals surface area contributed by atoms with Crippen LogP contribution in [0.25, 0.3) is 0 Å². The first-order valence-electron chi connectivity index (χ1n) is 7.49. The molecule has 1 aromatic rings. The van der Waals surface area contributed by atoms with Gasteiger partial charge in [0.2, 0.25) is 0 Å². The summed E-state index contributed by atoms with van der Waals surface area (Å²) < 4.78 is 5.43. The maximum absolute atomic E-state index is 6.37. The molecule has 0 aliphatic carbocycles. The molecule has 0 unspecified atom stereocenters. The molecule has 0 bridgehead atoms. The summed E-state index contributed by atoms with van der Waals surface area (Å²) in [5, 5.41) is 4.22. The maximum atomic E-state index is 6.37. The largest absolute Gasteiger partial charge is 0.381 e. The smallest absolute Gasteiger partial charge is 0.0471 e. The molecule has 0 spiro atoms. The molecule has 20 heavy (non-hydrogen) atoms. The molecule has 0 saturated carbocycles. The van der Waals surface area contributed by atoms with Crippen molar-refractivity contribution in [3.8, 4) is 0 Å². The Kier molecular flexibility index (Phi) is 6.14. The number of benzene rings is 1. The first-order valence-corrected chi connectivity index (χ1v) is 7.87. The second kappa shape index (κ2) is 7.87. The fourth-order valence-electron chi connectivity index (χ4n) is 2.74. The molecule has 0 aromatic heterocycles. The van der Waals surface area contributed by atoms with E-state index in [1.54, 1.807) is 0 Å². The second-order valence-electron chi connectivity index (χ2n) is 5.45. The van der Waals surface area contributed by atoms with E-state index in [0.29, 0.717) is 0 Å². The summed E-state index contributed by atoms with van der Waals surface area (Å²) in [7, 11) is 2.16. The Bertz CT molecular complexity index is 419. The standard InChI is InChI=1S/C16H25ClN2O/c1-3-18-11-14-15(17)5-4-6-16(14)19(2)12-13-7-9-20-10-8-13/h4-6,13,18H,3,7-12H2,1-2H3. The molecule has 1 aliphatic heterocycles. The number of anilines is 1. The molecular formula is C16H25ClN2O. The Balaban J connectivity index is 2.07. The predicted octanol–water partition coefficient (Wildman–Crippen LogP) is 3.31. The van der Waals surface area contributed by atoms with Crippen molar-refractivity contribution in [1.29, 1.82) is 0 Å². The van der Waals surface area contributed by atoms with E-state index >= 15 is 0 Å². The zero-order valence-electron chi connectivity index (χ0n) is 12.5. The van der Waals surface area contributed by atoms with Crippen molar-refractivity contribution < 1.29 is 4.74 Å². The van der Waals surface area contributed by atoms with Gasteiger partial charge in [0.25, 0.3) is 0 Å². The molecule has 4 heteroatoms. The van der Waals surface area contributed by atoms with E-state index in [1.807, 2.05) is 12.1 Å². The second-order valence-corrected chi connectivity index (χ2v) is 5.86. The minimum atomic E-state index is 0.722. The average Bonchev–Trinajstić information content (AvgIpc) is 2.47. The number of ether oxygens (including phenoxy) is 1. The van der Waals surface area contributed by atoms with Crippen molar-refractivity contribution in [1.82, 2.24) is 5.32 Å². The van der Waals surface area contributed by atoms with Gasteiger partial charge in [-0.25, -0.2) is 0 Å². The van der Waals surface area contributed by atoms with Crippen LogP contribution in [0.4, 0.5) is 5.69 Å². The highest BCUT2D eigenvalue weighted by Gasteiger charge is 2.18. The van der Waals surface area contributed by atoms with Crippen molar-refractivity contribution in [2.24, 2.45) is 5.92 Å². The fourth-order valence-corrected chi connectivity index (χ4v) is 2.98. The topological polar surface area (TPSA) is 24.5 Å². The summed E-state index contributed by atoms with van der Waals surface area (Å²) in [4.78, 5) is 2.34. The van der Waals surface area contributed by atoms with E-state index in [1.165, 1.54) is 11.3 Å². The minimum absolute atomic E-state index is 0.722. The highest BCUT2D eigenvalue weighted by atomic mass is 35.5. The molecule has 1 aliphatic rings. The van der Waals surface area contributed by atoms with Gasteiger partial charge in [-0.1, -0.05) is 24.6 Å². The number of hydrogen-bond acceptors (Lipinski definition) is 3.